The number of hydrogen-bond donors (Lipinski definition) is 0. The average Bonchev–Trinajstić information content (AvgIpc) is 2.81. The Morgan fingerprint density at radius 3 is 2.62 bits per heavy atom. The number of fused-ring (bicyclic) bond motifs is 2. The molecule has 2 saturated carbocycles. The second-order valence-electron chi connectivity index (χ2n) is 7.32. The van der Waals surface area contributed by atoms with Crippen LogP contribution in [0.5, 0.6) is 0 Å². The Morgan fingerprint density at radius 2 is 2.00 bits per heavy atom. The van der Waals surface area contributed by atoms with Gasteiger partial charge in [0.05, 0.1) is 13.2 Å². The topological polar surface area (TPSA) is 9.23 Å². The van der Waals surface area contributed by atoms with E-state index in [9.17, 15) is 0 Å². The molecule has 0 aliphatic heterocycles. The lowest BCUT2D eigenvalue weighted by molar-refractivity contribution is 0.148. The number of benzene rings is 1. The molecule has 0 spiro atoms. The first kappa shape index (κ1) is 14.6. The van der Waals surface area contributed by atoms with Crippen LogP contribution < -0.4 is 0 Å². The van der Waals surface area contributed by atoms with Crippen LogP contribution in [0.4, 0.5) is 0 Å². The molecule has 2 fully saturated rings. The Morgan fingerprint density at radius 1 is 1.24 bits per heavy atom. The number of hydrogen-bond acceptors (Lipinski definition) is 1. The summed E-state index contributed by atoms with van der Waals surface area (Å²) >= 11 is 0. The predicted molar refractivity (Wildman–Crippen MR) is 86.9 cm³/mol. The summed E-state index contributed by atoms with van der Waals surface area (Å²) in [4.78, 5) is 0. The van der Waals surface area contributed by atoms with E-state index in [0.29, 0.717) is 24.0 Å². The summed E-state index contributed by atoms with van der Waals surface area (Å²) in [6.07, 6.45) is 6.03. The summed E-state index contributed by atoms with van der Waals surface area (Å²) in [6, 6.07) is 10.3. The van der Waals surface area contributed by atoms with Crippen LogP contribution in [-0.4, -0.2) is 6.61 Å². The fourth-order valence-corrected chi connectivity index (χ4v) is 4.16. The molecule has 1 nitrogen and oxygen atoms in total. The summed E-state index contributed by atoms with van der Waals surface area (Å²) in [7, 11) is 0. The first-order valence-corrected chi connectivity index (χ1v) is 8.10. The van der Waals surface area contributed by atoms with E-state index in [1.807, 2.05) is 6.07 Å². The van der Waals surface area contributed by atoms with Crippen molar-refractivity contribution in [3.8, 4) is 0 Å². The SMILES string of the molecule is CC1(C)[C@H]2CC[C@@]1(C)C(=C=CCOCc1ccccc1)C2. The lowest BCUT2D eigenvalue weighted by Gasteiger charge is -2.34. The molecule has 112 valence electrons. The van der Waals surface area contributed by atoms with E-state index in [1.165, 1.54) is 30.4 Å². The van der Waals surface area contributed by atoms with Gasteiger partial charge in [-0.1, -0.05) is 51.1 Å². The molecule has 21 heavy (non-hydrogen) atoms. The van der Waals surface area contributed by atoms with E-state index in [0.717, 1.165) is 5.92 Å². The van der Waals surface area contributed by atoms with Gasteiger partial charge in [0.15, 0.2) is 0 Å². The molecule has 1 heteroatoms. The third-order valence-electron chi connectivity index (χ3n) is 6.14. The zero-order chi connectivity index (χ0) is 14.9. The molecule has 2 aliphatic rings. The third-order valence-corrected chi connectivity index (χ3v) is 6.14. The van der Waals surface area contributed by atoms with Crippen LogP contribution in [0.2, 0.25) is 0 Å². The van der Waals surface area contributed by atoms with E-state index in [4.69, 9.17) is 4.74 Å². The van der Waals surface area contributed by atoms with Crippen LogP contribution in [0.3, 0.4) is 0 Å². The highest BCUT2D eigenvalue weighted by Crippen LogP contribution is 2.67. The fraction of sp³-hybridized carbons (Fsp3) is 0.550. The van der Waals surface area contributed by atoms with Crippen molar-refractivity contribution < 1.29 is 4.74 Å². The summed E-state index contributed by atoms with van der Waals surface area (Å²) in [6.45, 7) is 8.64. The Balaban J connectivity index is 1.59. The Bertz CT molecular complexity index is 563. The summed E-state index contributed by atoms with van der Waals surface area (Å²) in [5.41, 5.74) is 7.10. The van der Waals surface area contributed by atoms with Gasteiger partial charge in [0.25, 0.3) is 0 Å². The molecule has 0 aromatic heterocycles. The van der Waals surface area contributed by atoms with E-state index in [1.54, 1.807) is 0 Å². The van der Waals surface area contributed by atoms with Crippen LogP contribution in [0.15, 0.2) is 47.7 Å². The molecule has 0 N–H and O–H groups in total. The number of rotatable bonds is 4. The molecule has 0 saturated heterocycles. The maximum absolute atomic E-state index is 5.71. The standard InChI is InChI=1S/C20H26O/c1-19(2)17-11-12-20(19,3)18(14-17)10-7-13-21-15-16-8-5-4-6-9-16/h4-9,17H,11-15H2,1-3H3/t10?,17-,20-/m0/s1. The molecule has 2 atom stereocenters. The van der Waals surface area contributed by atoms with Gasteiger partial charge in [-0.15, -0.1) is 5.73 Å². The molecule has 0 amide bonds. The zero-order valence-electron chi connectivity index (χ0n) is 13.5. The average molecular weight is 282 g/mol. The molecule has 2 aliphatic carbocycles. The van der Waals surface area contributed by atoms with Gasteiger partial charge < -0.3 is 4.74 Å². The van der Waals surface area contributed by atoms with Gasteiger partial charge in [-0.2, -0.15) is 0 Å². The van der Waals surface area contributed by atoms with Crippen molar-refractivity contribution in [3.05, 3.63) is 53.3 Å². The minimum absolute atomic E-state index is 0.355. The van der Waals surface area contributed by atoms with Crippen molar-refractivity contribution in [2.24, 2.45) is 16.7 Å². The first-order valence-electron chi connectivity index (χ1n) is 8.10. The van der Waals surface area contributed by atoms with Gasteiger partial charge in [0.1, 0.15) is 0 Å². The molecular formula is C20H26O. The van der Waals surface area contributed by atoms with E-state index in [2.05, 4.69) is 56.8 Å². The van der Waals surface area contributed by atoms with E-state index < -0.39 is 0 Å². The lowest BCUT2D eigenvalue weighted by atomic mass is 9.69. The van der Waals surface area contributed by atoms with Crippen molar-refractivity contribution in [1.82, 2.24) is 0 Å². The number of ether oxygens (including phenoxy) is 1. The smallest absolute Gasteiger partial charge is 0.0725 e. The van der Waals surface area contributed by atoms with Crippen LogP contribution in [0, 0.1) is 16.7 Å². The molecule has 2 bridgehead atoms. The van der Waals surface area contributed by atoms with Gasteiger partial charge >= 0.3 is 0 Å². The fourth-order valence-electron chi connectivity index (χ4n) is 4.16. The van der Waals surface area contributed by atoms with Crippen molar-refractivity contribution in [3.63, 3.8) is 0 Å². The Labute approximate surface area is 128 Å². The van der Waals surface area contributed by atoms with E-state index >= 15 is 0 Å². The highest BCUT2D eigenvalue weighted by Gasteiger charge is 2.58. The highest BCUT2D eigenvalue weighted by atomic mass is 16.5. The molecule has 0 radical (unpaired) electrons. The van der Waals surface area contributed by atoms with Crippen LogP contribution in [0.1, 0.15) is 45.6 Å². The first-order chi connectivity index (χ1) is 10.0. The Hall–Kier alpha value is -1.30. The van der Waals surface area contributed by atoms with Gasteiger partial charge in [-0.05, 0) is 47.8 Å². The van der Waals surface area contributed by atoms with Crippen molar-refractivity contribution >= 4 is 0 Å². The monoisotopic (exact) mass is 282 g/mol. The van der Waals surface area contributed by atoms with Crippen molar-refractivity contribution in [1.29, 1.82) is 0 Å². The molecule has 0 unspecified atom stereocenters. The van der Waals surface area contributed by atoms with Gasteiger partial charge in [-0.25, -0.2) is 0 Å². The molecular weight excluding hydrogens is 256 g/mol. The van der Waals surface area contributed by atoms with Crippen LogP contribution in [0.25, 0.3) is 0 Å². The maximum atomic E-state index is 5.71. The summed E-state index contributed by atoms with van der Waals surface area (Å²) in [5.74, 6) is 0.851. The van der Waals surface area contributed by atoms with E-state index in [-0.39, 0.29) is 0 Å². The van der Waals surface area contributed by atoms with Crippen LogP contribution >= 0.6 is 0 Å². The Kier molecular flexibility index (Phi) is 3.82. The summed E-state index contributed by atoms with van der Waals surface area (Å²) < 4.78 is 5.71. The van der Waals surface area contributed by atoms with Crippen molar-refractivity contribution in [2.45, 2.75) is 46.6 Å². The zero-order valence-corrected chi connectivity index (χ0v) is 13.5. The normalized spacial score (nSPS) is 29.5. The maximum Gasteiger partial charge on any atom is 0.0725 e. The predicted octanol–water partition coefficient (Wildman–Crippen LogP) is 5.13. The van der Waals surface area contributed by atoms with Gasteiger partial charge in [-0.3, -0.25) is 0 Å². The highest BCUT2D eigenvalue weighted by molar-refractivity contribution is 5.28. The third kappa shape index (κ3) is 2.50. The molecule has 1 aromatic carbocycles. The molecule has 0 heterocycles. The van der Waals surface area contributed by atoms with Gasteiger partial charge in [0.2, 0.25) is 0 Å². The largest absolute Gasteiger partial charge is 0.372 e. The molecule has 3 rings (SSSR count). The second kappa shape index (κ2) is 5.48. The second-order valence-corrected chi connectivity index (χ2v) is 7.32. The molecule has 1 aromatic rings. The van der Waals surface area contributed by atoms with Crippen LogP contribution in [-0.2, 0) is 11.3 Å². The van der Waals surface area contributed by atoms with Gasteiger partial charge in [0, 0.05) is 5.41 Å². The van der Waals surface area contributed by atoms with Crippen molar-refractivity contribution in [2.75, 3.05) is 6.61 Å². The minimum Gasteiger partial charge on any atom is -0.372 e. The minimum atomic E-state index is 0.355. The summed E-state index contributed by atoms with van der Waals surface area (Å²) in [5, 5.41) is 0. The quantitative estimate of drug-likeness (QED) is 0.549. The lowest BCUT2D eigenvalue weighted by Crippen LogP contribution is -2.27.